The first-order chi connectivity index (χ1) is 7.69. The van der Waals surface area contributed by atoms with E-state index in [1.807, 2.05) is 12.1 Å². The molecule has 0 spiro atoms. The maximum atomic E-state index is 5.92. The van der Waals surface area contributed by atoms with Crippen molar-refractivity contribution in [1.29, 1.82) is 0 Å². The van der Waals surface area contributed by atoms with Crippen LogP contribution < -0.4 is 4.90 Å². The van der Waals surface area contributed by atoms with Crippen LogP contribution >= 0.6 is 11.6 Å². The molecular formula is C13H19ClN2. The van der Waals surface area contributed by atoms with Gasteiger partial charge in [0.2, 0.25) is 0 Å². The Hall–Kier alpha value is -0.760. The predicted octanol–water partition coefficient (Wildman–Crippen LogP) is 3.75. The smallest absolute Gasteiger partial charge is 0.131 e. The van der Waals surface area contributed by atoms with Crippen LogP contribution in [-0.4, -0.2) is 18.1 Å². The molecule has 0 N–H and O–H groups in total. The van der Waals surface area contributed by atoms with Crippen LogP contribution in [-0.2, 0) is 0 Å². The lowest BCUT2D eigenvalue weighted by atomic mass is 9.82. The average molecular weight is 239 g/mol. The van der Waals surface area contributed by atoms with E-state index in [1.165, 1.54) is 24.9 Å². The Morgan fingerprint density at radius 1 is 1.44 bits per heavy atom. The lowest BCUT2D eigenvalue weighted by Crippen LogP contribution is -2.26. The van der Waals surface area contributed by atoms with Crippen LogP contribution in [0.1, 0.15) is 33.1 Å². The maximum absolute atomic E-state index is 5.92. The first-order valence-corrected chi connectivity index (χ1v) is 6.43. The first-order valence-electron chi connectivity index (χ1n) is 6.05. The van der Waals surface area contributed by atoms with Crippen LogP contribution in [0.5, 0.6) is 0 Å². The van der Waals surface area contributed by atoms with Crippen molar-refractivity contribution >= 4 is 17.3 Å². The van der Waals surface area contributed by atoms with E-state index in [9.17, 15) is 0 Å². The number of hydrogen-bond donors (Lipinski definition) is 0. The molecule has 0 atom stereocenters. The highest BCUT2D eigenvalue weighted by Gasteiger charge is 2.34. The molecule has 3 heteroatoms. The third kappa shape index (κ3) is 2.17. The Morgan fingerprint density at radius 2 is 2.19 bits per heavy atom. The number of hydrogen-bond acceptors (Lipinski definition) is 2. The van der Waals surface area contributed by atoms with Gasteiger partial charge < -0.3 is 4.90 Å². The second kappa shape index (κ2) is 4.62. The van der Waals surface area contributed by atoms with Crippen LogP contribution in [0.25, 0.3) is 0 Å². The lowest BCUT2D eigenvalue weighted by molar-refractivity contribution is 0.301. The number of rotatable bonds is 3. The van der Waals surface area contributed by atoms with E-state index in [2.05, 4.69) is 23.7 Å². The molecule has 1 aromatic heterocycles. The summed E-state index contributed by atoms with van der Waals surface area (Å²) in [6.07, 6.45) is 5.60. The molecule has 1 fully saturated rings. The number of aromatic nitrogens is 1. The van der Waals surface area contributed by atoms with Gasteiger partial charge in [-0.1, -0.05) is 25.4 Å². The fourth-order valence-electron chi connectivity index (χ4n) is 2.57. The van der Waals surface area contributed by atoms with Gasteiger partial charge in [0.1, 0.15) is 5.15 Å². The van der Waals surface area contributed by atoms with Crippen LogP contribution in [0.2, 0.25) is 5.15 Å². The van der Waals surface area contributed by atoms with Crippen LogP contribution in [0.4, 0.5) is 5.69 Å². The molecule has 2 heterocycles. The highest BCUT2D eigenvalue weighted by molar-refractivity contribution is 6.29. The van der Waals surface area contributed by atoms with Gasteiger partial charge in [0.25, 0.3) is 0 Å². The molecule has 1 aromatic rings. The summed E-state index contributed by atoms with van der Waals surface area (Å²) in [7, 11) is 0. The molecule has 0 aromatic carbocycles. The molecule has 88 valence electrons. The summed E-state index contributed by atoms with van der Waals surface area (Å²) in [5.74, 6) is 0. The van der Waals surface area contributed by atoms with E-state index in [4.69, 9.17) is 11.6 Å². The van der Waals surface area contributed by atoms with E-state index < -0.39 is 0 Å². The van der Waals surface area contributed by atoms with Crippen molar-refractivity contribution in [1.82, 2.24) is 4.98 Å². The summed E-state index contributed by atoms with van der Waals surface area (Å²) in [5, 5.41) is 0.586. The summed E-state index contributed by atoms with van der Waals surface area (Å²) < 4.78 is 0. The molecule has 0 aliphatic carbocycles. The highest BCUT2D eigenvalue weighted by Crippen LogP contribution is 2.39. The molecule has 16 heavy (non-hydrogen) atoms. The lowest BCUT2D eigenvalue weighted by Gasteiger charge is -2.27. The van der Waals surface area contributed by atoms with E-state index in [-0.39, 0.29) is 0 Å². The summed E-state index contributed by atoms with van der Waals surface area (Å²) in [4.78, 5) is 6.46. The third-order valence-corrected chi connectivity index (χ3v) is 4.22. The molecule has 2 nitrogen and oxygen atoms in total. The van der Waals surface area contributed by atoms with Gasteiger partial charge in [-0.25, -0.2) is 4.98 Å². The Labute approximate surface area is 103 Å². The minimum Gasteiger partial charge on any atom is -0.371 e. The van der Waals surface area contributed by atoms with Crippen molar-refractivity contribution in [2.45, 2.75) is 33.1 Å². The quantitative estimate of drug-likeness (QED) is 0.746. The molecule has 0 amide bonds. The van der Waals surface area contributed by atoms with Gasteiger partial charge in [-0.05, 0) is 36.8 Å². The minimum absolute atomic E-state index is 0.510. The standard InChI is InChI=1S/C13H19ClN2/c1-3-13(4-2)6-8-16(10-13)11-5-7-15-12(14)9-11/h5,7,9H,3-4,6,8,10H2,1-2H3. The summed E-state index contributed by atoms with van der Waals surface area (Å²) >= 11 is 5.92. The molecule has 1 aliphatic rings. The number of nitrogens with zero attached hydrogens (tertiary/aromatic N) is 2. The monoisotopic (exact) mass is 238 g/mol. The summed E-state index contributed by atoms with van der Waals surface area (Å²) in [6, 6.07) is 4.01. The zero-order valence-electron chi connectivity index (χ0n) is 10.0. The zero-order valence-corrected chi connectivity index (χ0v) is 10.8. The molecule has 1 saturated heterocycles. The second-order valence-corrected chi connectivity index (χ2v) is 5.10. The van der Waals surface area contributed by atoms with Gasteiger partial charge in [-0.15, -0.1) is 0 Å². The van der Waals surface area contributed by atoms with E-state index in [0.29, 0.717) is 10.6 Å². The number of halogens is 1. The number of pyridine rings is 1. The van der Waals surface area contributed by atoms with Crippen molar-refractivity contribution in [2.24, 2.45) is 5.41 Å². The molecule has 0 unspecified atom stereocenters. The molecule has 0 saturated carbocycles. The Morgan fingerprint density at radius 3 is 2.75 bits per heavy atom. The maximum Gasteiger partial charge on any atom is 0.131 e. The third-order valence-electron chi connectivity index (χ3n) is 4.01. The largest absolute Gasteiger partial charge is 0.371 e. The Bertz CT molecular complexity index is 361. The number of anilines is 1. The van der Waals surface area contributed by atoms with Gasteiger partial charge in [0, 0.05) is 25.0 Å². The van der Waals surface area contributed by atoms with Crippen molar-refractivity contribution in [3.8, 4) is 0 Å². The minimum atomic E-state index is 0.510. The first kappa shape index (κ1) is 11.7. The van der Waals surface area contributed by atoms with Crippen LogP contribution in [0.15, 0.2) is 18.3 Å². The Kier molecular flexibility index (Phi) is 3.38. The molecule has 1 aliphatic heterocycles. The van der Waals surface area contributed by atoms with E-state index in [0.717, 1.165) is 13.1 Å². The normalized spacial score (nSPS) is 19.1. The van der Waals surface area contributed by atoms with Gasteiger partial charge in [-0.3, -0.25) is 0 Å². The van der Waals surface area contributed by atoms with Gasteiger partial charge >= 0.3 is 0 Å². The van der Waals surface area contributed by atoms with Gasteiger partial charge in [0.05, 0.1) is 0 Å². The van der Waals surface area contributed by atoms with Crippen molar-refractivity contribution < 1.29 is 0 Å². The highest BCUT2D eigenvalue weighted by atomic mass is 35.5. The second-order valence-electron chi connectivity index (χ2n) is 4.72. The Balaban J connectivity index is 2.14. The van der Waals surface area contributed by atoms with Gasteiger partial charge in [0.15, 0.2) is 0 Å². The molecular weight excluding hydrogens is 220 g/mol. The van der Waals surface area contributed by atoms with E-state index in [1.54, 1.807) is 6.20 Å². The molecule has 0 bridgehead atoms. The summed E-state index contributed by atoms with van der Waals surface area (Å²) in [5.41, 5.74) is 1.72. The average Bonchev–Trinajstić information content (AvgIpc) is 2.74. The van der Waals surface area contributed by atoms with Crippen molar-refractivity contribution in [3.05, 3.63) is 23.5 Å². The fraction of sp³-hybridized carbons (Fsp3) is 0.615. The predicted molar refractivity (Wildman–Crippen MR) is 69.1 cm³/mol. The molecule has 0 radical (unpaired) electrons. The van der Waals surface area contributed by atoms with Gasteiger partial charge in [-0.2, -0.15) is 0 Å². The fourth-order valence-corrected chi connectivity index (χ4v) is 2.74. The summed E-state index contributed by atoms with van der Waals surface area (Å²) in [6.45, 7) is 6.89. The van der Waals surface area contributed by atoms with Crippen LogP contribution in [0, 0.1) is 5.41 Å². The topological polar surface area (TPSA) is 16.1 Å². The van der Waals surface area contributed by atoms with Crippen molar-refractivity contribution in [3.63, 3.8) is 0 Å². The van der Waals surface area contributed by atoms with E-state index >= 15 is 0 Å². The van der Waals surface area contributed by atoms with Crippen molar-refractivity contribution in [2.75, 3.05) is 18.0 Å². The molecule has 2 rings (SSSR count). The zero-order chi connectivity index (χ0) is 11.6. The van der Waals surface area contributed by atoms with Crippen LogP contribution in [0.3, 0.4) is 0 Å². The SMILES string of the molecule is CCC1(CC)CCN(c2ccnc(Cl)c2)C1.